The first kappa shape index (κ1) is 22.6. The van der Waals surface area contributed by atoms with Gasteiger partial charge in [-0.1, -0.05) is 29.8 Å². The fraction of sp³-hybridized carbons (Fsp3) is 0.192. The maximum atomic E-state index is 13.2. The predicted molar refractivity (Wildman–Crippen MR) is 131 cm³/mol. The molecule has 1 aliphatic rings. The molecule has 0 unspecified atom stereocenters. The second-order valence-electron chi connectivity index (χ2n) is 7.95. The summed E-state index contributed by atoms with van der Waals surface area (Å²) in [5, 5.41) is 5.65. The minimum atomic E-state index is -0.380. The fourth-order valence-corrected chi connectivity index (χ4v) is 4.20. The van der Waals surface area contributed by atoms with Crippen molar-refractivity contribution in [1.29, 1.82) is 0 Å². The number of fused-ring (bicyclic) bond motifs is 1. The van der Waals surface area contributed by atoms with Gasteiger partial charge in [0, 0.05) is 36.1 Å². The zero-order chi connectivity index (χ0) is 23.4. The maximum absolute atomic E-state index is 13.2. The van der Waals surface area contributed by atoms with Gasteiger partial charge in [0.2, 0.25) is 5.91 Å². The SMILES string of the molecule is CC(=O)Nc1ccc(C(=O)Nc2ccc(C(=O)N3CCCCc4ccccc43)cc2)c(Cl)c1. The number of amides is 3. The lowest BCUT2D eigenvalue weighted by atomic mass is 10.1. The first-order chi connectivity index (χ1) is 15.9. The fourth-order valence-electron chi connectivity index (χ4n) is 3.93. The molecule has 1 aliphatic heterocycles. The summed E-state index contributed by atoms with van der Waals surface area (Å²) in [6, 6.07) is 19.6. The van der Waals surface area contributed by atoms with Crippen molar-refractivity contribution in [2.75, 3.05) is 22.1 Å². The van der Waals surface area contributed by atoms with E-state index in [9.17, 15) is 14.4 Å². The van der Waals surface area contributed by atoms with Crippen molar-refractivity contribution >= 4 is 46.4 Å². The minimum Gasteiger partial charge on any atom is -0.326 e. The number of rotatable bonds is 4. The van der Waals surface area contributed by atoms with E-state index in [2.05, 4.69) is 16.7 Å². The van der Waals surface area contributed by atoms with Crippen LogP contribution in [-0.2, 0) is 11.2 Å². The Hall–Kier alpha value is -3.64. The van der Waals surface area contributed by atoms with Gasteiger partial charge >= 0.3 is 0 Å². The van der Waals surface area contributed by atoms with E-state index in [-0.39, 0.29) is 28.3 Å². The molecular formula is C26H24ClN3O3. The van der Waals surface area contributed by atoms with Gasteiger partial charge in [-0.3, -0.25) is 14.4 Å². The lowest BCUT2D eigenvalue weighted by Crippen LogP contribution is -2.31. The van der Waals surface area contributed by atoms with Gasteiger partial charge in [-0.15, -0.1) is 0 Å². The van der Waals surface area contributed by atoms with Crippen LogP contribution in [0.1, 0.15) is 46.0 Å². The number of hydrogen-bond donors (Lipinski definition) is 2. The third-order valence-electron chi connectivity index (χ3n) is 5.53. The van der Waals surface area contributed by atoms with Crippen molar-refractivity contribution in [2.45, 2.75) is 26.2 Å². The molecule has 6 nitrogen and oxygen atoms in total. The van der Waals surface area contributed by atoms with Crippen LogP contribution in [0.2, 0.25) is 5.02 Å². The molecule has 3 aromatic carbocycles. The molecule has 0 fully saturated rings. The molecule has 168 valence electrons. The van der Waals surface area contributed by atoms with Crippen LogP contribution in [-0.4, -0.2) is 24.3 Å². The summed E-state index contributed by atoms with van der Waals surface area (Å²) in [5.41, 5.74) is 4.06. The van der Waals surface area contributed by atoms with Gasteiger partial charge in [0.05, 0.1) is 10.6 Å². The number of hydrogen-bond acceptors (Lipinski definition) is 3. The van der Waals surface area contributed by atoms with Gasteiger partial charge in [-0.05, 0) is 73.4 Å². The van der Waals surface area contributed by atoms with Gasteiger partial charge < -0.3 is 15.5 Å². The van der Waals surface area contributed by atoms with E-state index < -0.39 is 0 Å². The van der Waals surface area contributed by atoms with Gasteiger partial charge in [-0.2, -0.15) is 0 Å². The van der Waals surface area contributed by atoms with Crippen LogP contribution < -0.4 is 15.5 Å². The van der Waals surface area contributed by atoms with Crippen molar-refractivity contribution in [1.82, 2.24) is 0 Å². The number of nitrogens with one attached hydrogen (secondary N) is 2. The largest absolute Gasteiger partial charge is 0.326 e. The summed E-state index contributed by atoms with van der Waals surface area (Å²) in [4.78, 5) is 38.9. The standard InChI is InChI=1S/C26H24ClN3O3/c1-17(31)28-21-13-14-22(23(27)16-21)25(32)29-20-11-9-19(10-12-20)26(33)30-15-5-4-7-18-6-2-3-8-24(18)30/h2-3,6,8-14,16H,4-5,7,15H2,1H3,(H,28,31)(H,29,32). The summed E-state index contributed by atoms with van der Waals surface area (Å²) in [6.07, 6.45) is 2.98. The van der Waals surface area contributed by atoms with Crippen LogP contribution in [0.4, 0.5) is 17.1 Å². The Balaban J connectivity index is 1.47. The summed E-state index contributed by atoms with van der Waals surface area (Å²) in [5.74, 6) is -0.657. The Kier molecular flexibility index (Phi) is 6.75. The molecule has 0 aliphatic carbocycles. The monoisotopic (exact) mass is 461 g/mol. The van der Waals surface area contributed by atoms with Crippen molar-refractivity contribution in [3.63, 3.8) is 0 Å². The van der Waals surface area contributed by atoms with E-state index in [1.165, 1.54) is 18.6 Å². The molecule has 33 heavy (non-hydrogen) atoms. The summed E-state index contributed by atoms with van der Waals surface area (Å²) >= 11 is 6.22. The molecule has 0 spiro atoms. The molecule has 0 radical (unpaired) electrons. The maximum Gasteiger partial charge on any atom is 0.258 e. The van der Waals surface area contributed by atoms with Crippen molar-refractivity contribution < 1.29 is 14.4 Å². The second kappa shape index (κ2) is 9.88. The van der Waals surface area contributed by atoms with Crippen LogP contribution in [0.3, 0.4) is 0 Å². The first-order valence-electron chi connectivity index (χ1n) is 10.8. The number of anilines is 3. The lowest BCUT2D eigenvalue weighted by molar-refractivity contribution is -0.114. The van der Waals surface area contributed by atoms with E-state index >= 15 is 0 Å². The molecule has 0 bridgehead atoms. The highest BCUT2D eigenvalue weighted by molar-refractivity contribution is 6.34. The molecule has 3 amide bonds. The Morgan fingerprint density at radius 3 is 2.33 bits per heavy atom. The van der Waals surface area contributed by atoms with Crippen molar-refractivity contribution in [2.24, 2.45) is 0 Å². The predicted octanol–water partition coefficient (Wildman–Crippen LogP) is 5.53. The highest BCUT2D eigenvalue weighted by Crippen LogP contribution is 2.28. The van der Waals surface area contributed by atoms with E-state index in [4.69, 9.17) is 11.6 Å². The van der Waals surface area contributed by atoms with Crippen molar-refractivity contribution in [3.05, 3.63) is 88.4 Å². The van der Waals surface area contributed by atoms with E-state index in [0.29, 0.717) is 23.5 Å². The molecule has 1 heterocycles. The number of benzene rings is 3. The molecule has 0 aromatic heterocycles. The van der Waals surface area contributed by atoms with Crippen LogP contribution in [0.15, 0.2) is 66.7 Å². The average Bonchev–Trinajstić information content (AvgIpc) is 3.01. The van der Waals surface area contributed by atoms with Crippen LogP contribution >= 0.6 is 11.6 Å². The van der Waals surface area contributed by atoms with E-state index in [0.717, 1.165) is 24.9 Å². The van der Waals surface area contributed by atoms with Crippen LogP contribution in [0, 0.1) is 0 Å². The van der Waals surface area contributed by atoms with Gasteiger partial charge in [0.15, 0.2) is 0 Å². The van der Waals surface area contributed by atoms with Crippen LogP contribution in [0.25, 0.3) is 0 Å². The molecule has 4 rings (SSSR count). The Morgan fingerprint density at radius 2 is 1.61 bits per heavy atom. The number of carbonyl (C=O) groups excluding carboxylic acids is 3. The summed E-state index contributed by atoms with van der Waals surface area (Å²) in [7, 11) is 0. The lowest BCUT2D eigenvalue weighted by Gasteiger charge is -2.23. The Labute approximate surface area is 197 Å². The first-order valence-corrected chi connectivity index (χ1v) is 11.2. The highest BCUT2D eigenvalue weighted by atomic mass is 35.5. The summed E-state index contributed by atoms with van der Waals surface area (Å²) in [6.45, 7) is 2.08. The number of aryl methyl sites for hydroxylation is 1. The van der Waals surface area contributed by atoms with Crippen LogP contribution in [0.5, 0.6) is 0 Å². The van der Waals surface area contributed by atoms with E-state index in [1.807, 2.05) is 23.1 Å². The average molecular weight is 462 g/mol. The molecule has 3 aromatic rings. The topological polar surface area (TPSA) is 78.5 Å². The van der Waals surface area contributed by atoms with Gasteiger partial charge in [0.25, 0.3) is 11.8 Å². The smallest absolute Gasteiger partial charge is 0.258 e. The minimum absolute atomic E-state index is 0.0566. The zero-order valence-corrected chi connectivity index (χ0v) is 19.0. The quantitative estimate of drug-likeness (QED) is 0.535. The third kappa shape index (κ3) is 5.23. The third-order valence-corrected chi connectivity index (χ3v) is 5.84. The highest BCUT2D eigenvalue weighted by Gasteiger charge is 2.22. The molecule has 0 atom stereocenters. The molecule has 7 heteroatoms. The number of carbonyl (C=O) groups is 3. The van der Waals surface area contributed by atoms with E-state index in [1.54, 1.807) is 36.4 Å². The Morgan fingerprint density at radius 1 is 0.879 bits per heavy atom. The van der Waals surface area contributed by atoms with Gasteiger partial charge in [-0.25, -0.2) is 0 Å². The molecule has 2 N–H and O–H groups in total. The molecule has 0 saturated carbocycles. The van der Waals surface area contributed by atoms with Gasteiger partial charge in [0.1, 0.15) is 0 Å². The normalized spacial score (nSPS) is 13.0. The Bertz CT molecular complexity index is 1210. The molecular weight excluding hydrogens is 438 g/mol. The second-order valence-corrected chi connectivity index (χ2v) is 8.36. The molecule has 0 saturated heterocycles. The number of para-hydroxylation sites is 1. The summed E-state index contributed by atoms with van der Waals surface area (Å²) < 4.78 is 0. The number of nitrogens with zero attached hydrogens (tertiary/aromatic N) is 1. The zero-order valence-electron chi connectivity index (χ0n) is 18.2. The van der Waals surface area contributed by atoms with Crippen molar-refractivity contribution in [3.8, 4) is 0 Å². The number of halogens is 1.